The van der Waals surface area contributed by atoms with Crippen LogP contribution in [0.4, 0.5) is 0 Å². The van der Waals surface area contributed by atoms with Crippen molar-refractivity contribution in [1.82, 2.24) is 10.2 Å². The summed E-state index contributed by atoms with van der Waals surface area (Å²) in [4.78, 5) is 26.3. The monoisotopic (exact) mass is 352 g/mol. The Kier molecular flexibility index (Phi) is 8.03. The van der Waals surface area contributed by atoms with Gasteiger partial charge in [0.25, 0.3) is 5.91 Å². The Morgan fingerprint density at radius 2 is 1.58 bits per heavy atom. The summed E-state index contributed by atoms with van der Waals surface area (Å²) >= 11 is 0. The van der Waals surface area contributed by atoms with Gasteiger partial charge in [0.2, 0.25) is 0 Å². The van der Waals surface area contributed by atoms with E-state index in [4.69, 9.17) is 0 Å². The number of carbonyl (C=O) groups is 2. The minimum atomic E-state index is -0.000512. The van der Waals surface area contributed by atoms with Gasteiger partial charge in [-0.3, -0.25) is 9.59 Å². The number of Topliss-reactive ketones (excluding diaryl/α,β-unsaturated/α-hetero) is 1. The predicted octanol–water partition coefficient (Wildman–Crippen LogP) is 3.92. The molecular weight excluding hydrogens is 324 g/mol. The van der Waals surface area contributed by atoms with Crippen molar-refractivity contribution in [1.29, 1.82) is 0 Å². The molecule has 0 aliphatic rings. The first-order valence-electron chi connectivity index (χ1n) is 9.26. The number of nitrogens with zero attached hydrogens (tertiary/aromatic N) is 1. The summed E-state index contributed by atoms with van der Waals surface area (Å²) in [5.74, 6) is 0.00610. The Morgan fingerprint density at radius 3 is 2.19 bits per heavy atom. The van der Waals surface area contributed by atoms with E-state index in [1.54, 1.807) is 24.3 Å². The first-order valence-corrected chi connectivity index (χ1v) is 9.26. The molecule has 2 aromatic rings. The number of ketones is 1. The maximum absolute atomic E-state index is 13.0. The van der Waals surface area contributed by atoms with Gasteiger partial charge in [-0.2, -0.15) is 0 Å². The summed E-state index contributed by atoms with van der Waals surface area (Å²) in [6.45, 7) is 6.85. The first kappa shape index (κ1) is 19.9. The van der Waals surface area contributed by atoms with Gasteiger partial charge >= 0.3 is 0 Å². The lowest BCUT2D eigenvalue weighted by Crippen LogP contribution is -2.33. The number of hydrogen-bond acceptors (Lipinski definition) is 3. The molecular formula is C22H28N2O2. The molecule has 0 radical (unpaired) electrons. The van der Waals surface area contributed by atoms with Crippen LogP contribution in [-0.4, -0.2) is 36.2 Å². The van der Waals surface area contributed by atoms with E-state index >= 15 is 0 Å². The van der Waals surface area contributed by atoms with Gasteiger partial charge in [-0.1, -0.05) is 49.4 Å². The van der Waals surface area contributed by atoms with Gasteiger partial charge in [0.05, 0.1) is 0 Å². The van der Waals surface area contributed by atoms with Crippen molar-refractivity contribution < 1.29 is 9.59 Å². The Labute approximate surface area is 156 Å². The molecule has 4 heteroatoms. The Hall–Kier alpha value is -2.46. The van der Waals surface area contributed by atoms with Crippen LogP contribution >= 0.6 is 0 Å². The van der Waals surface area contributed by atoms with Gasteiger partial charge in [-0.15, -0.1) is 0 Å². The number of amides is 1. The van der Waals surface area contributed by atoms with Crippen LogP contribution in [0, 0.1) is 0 Å². The molecule has 2 rings (SSSR count). The Morgan fingerprint density at radius 1 is 0.923 bits per heavy atom. The van der Waals surface area contributed by atoms with E-state index in [0.717, 1.165) is 31.5 Å². The van der Waals surface area contributed by atoms with Crippen LogP contribution in [0.15, 0.2) is 54.6 Å². The SMILES string of the molecule is CCCNCCCN(Cc1ccccc1)C(=O)c1ccc(C(C)=O)cc1. The summed E-state index contributed by atoms with van der Waals surface area (Å²) in [6, 6.07) is 17.0. The van der Waals surface area contributed by atoms with E-state index in [-0.39, 0.29) is 11.7 Å². The summed E-state index contributed by atoms with van der Waals surface area (Å²) in [7, 11) is 0. The molecule has 138 valence electrons. The third kappa shape index (κ3) is 6.12. The fourth-order valence-corrected chi connectivity index (χ4v) is 2.78. The van der Waals surface area contributed by atoms with Crippen LogP contribution in [0.1, 0.15) is 53.0 Å². The second kappa shape index (κ2) is 10.5. The summed E-state index contributed by atoms with van der Waals surface area (Å²) in [6.07, 6.45) is 2.01. The molecule has 0 saturated carbocycles. The lowest BCUT2D eigenvalue weighted by atomic mass is 10.1. The van der Waals surface area contributed by atoms with E-state index < -0.39 is 0 Å². The molecule has 0 unspecified atom stereocenters. The van der Waals surface area contributed by atoms with Gasteiger partial charge in [0.15, 0.2) is 5.78 Å². The van der Waals surface area contributed by atoms with Crippen molar-refractivity contribution in [3.63, 3.8) is 0 Å². The van der Waals surface area contributed by atoms with Gasteiger partial charge in [0, 0.05) is 24.2 Å². The van der Waals surface area contributed by atoms with Crippen LogP contribution in [0.25, 0.3) is 0 Å². The third-order valence-corrected chi connectivity index (χ3v) is 4.25. The zero-order valence-corrected chi connectivity index (χ0v) is 15.7. The van der Waals surface area contributed by atoms with Crippen molar-refractivity contribution in [3.05, 3.63) is 71.3 Å². The molecule has 0 aromatic heterocycles. The molecule has 0 heterocycles. The smallest absolute Gasteiger partial charge is 0.254 e. The standard InChI is InChI=1S/C22H28N2O2/c1-3-14-23-15-7-16-24(17-19-8-5-4-6-9-19)22(26)21-12-10-20(11-13-21)18(2)25/h4-6,8-13,23H,3,7,14-17H2,1-2H3. The van der Waals surface area contributed by atoms with Gasteiger partial charge in [-0.25, -0.2) is 0 Å². The van der Waals surface area contributed by atoms with E-state index in [1.807, 2.05) is 35.2 Å². The second-order valence-electron chi connectivity index (χ2n) is 6.45. The van der Waals surface area contributed by atoms with E-state index in [0.29, 0.717) is 24.2 Å². The Balaban J connectivity index is 2.07. The average Bonchev–Trinajstić information content (AvgIpc) is 2.67. The fraction of sp³-hybridized carbons (Fsp3) is 0.364. The highest BCUT2D eigenvalue weighted by atomic mass is 16.2. The van der Waals surface area contributed by atoms with Gasteiger partial charge in [0.1, 0.15) is 0 Å². The lowest BCUT2D eigenvalue weighted by Gasteiger charge is -2.23. The largest absolute Gasteiger partial charge is 0.334 e. The van der Waals surface area contributed by atoms with Crippen LogP contribution < -0.4 is 5.32 Å². The second-order valence-corrected chi connectivity index (χ2v) is 6.45. The topological polar surface area (TPSA) is 49.4 Å². The lowest BCUT2D eigenvalue weighted by molar-refractivity contribution is 0.0740. The quantitative estimate of drug-likeness (QED) is 0.521. The number of nitrogens with one attached hydrogen (secondary N) is 1. The summed E-state index contributed by atoms with van der Waals surface area (Å²) in [5.41, 5.74) is 2.36. The molecule has 2 aromatic carbocycles. The zero-order chi connectivity index (χ0) is 18.8. The minimum Gasteiger partial charge on any atom is -0.334 e. The average molecular weight is 352 g/mol. The van der Waals surface area contributed by atoms with Crippen molar-refractivity contribution in [2.75, 3.05) is 19.6 Å². The molecule has 0 aliphatic carbocycles. The van der Waals surface area contributed by atoms with E-state index in [1.165, 1.54) is 6.92 Å². The highest BCUT2D eigenvalue weighted by Crippen LogP contribution is 2.12. The normalized spacial score (nSPS) is 10.5. The third-order valence-electron chi connectivity index (χ3n) is 4.25. The van der Waals surface area contributed by atoms with Crippen molar-refractivity contribution in [3.8, 4) is 0 Å². The summed E-state index contributed by atoms with van der Waals surface area (Å²) < 4.78 is 0. The molecule has 1 N–H and O–H groups in total. The van der Waals surface area contributed by atoms with Gasteiger partial charge < -0.3 is 10.2 Å². The molecule has 0 fully saturated rings. The Bertz CT molecular complexity index is 696. The fourth-order valence-electron chi connectivity index (χ4n) is 2.78. The van der Waals surface area contributed by atoms with Crippen LogP contribution in [0.3, 0.4) is 0 Å². The maximum atomic E-state index is 13.0. The molecule has 26 heavy (non-hydrogen) atoms. The zero-order valence-electron chi connectivity index (χ0n) is 15.7. The van der Waals surface area contributed by atoms with Crippen molar-refractivity contribution in [2.24, 2.45) is 0 Å². The van der Waals surface area contributed by atoms with Crippen molar-refractivity contribution in [2.45, 2.75) is 33.2 Å². The molecule has 1 amide bonds. The van der Waals surface area contributed by atoms with Crippen LogP contribution in [-0.2, 0) is 6.54 Å². The van der Waals surface area contributed by atoms with Gasteiger partial charge in [-0.05, 0) is 50.6 Å². The summed E-state index contributed by atoms with van der Waals surface area (Å²) in [5, 5.41) is 3.38. The van der Waals surface area contributed by atoms with Crippen LogP contribution in [0.5, 0.6) is 0 Å². The molecule has 0 saturated heterocycles. The maximum Gasteiger partial charge on any atom is 0.254 e. The first-order chi connectivity index (χ1) is 12.6. The highest BCUT2D eigenvalue weighted by molar-refractivity contribution is 5.97. The predicted molar refractivity (Wildman–Crippen MR) is 105 cm³/mol. The molecule has 0 aliphatic heterocycles. The number of benzene rings is 2. The van der Waals surface area contributed by atoms with E-state index in [9.17, 15) is 9.59 Å². The molecule has 4 nitrogen and oxygen atoms in total. The molecule has 0 spiro atoms. The van der Waals surface area contributed by atoms with E-state index in [2.05, 4.69) is 12.2 Å². The molecule has 0 atom stereocenters. The number of rotatable bonds is 10. The highest BCUT2D eigenvalue weighted by Gasteiger charge is 2.16. The number of carbonyl (C=O) groups excluding carboxylic acids is 2. The number of hydrogen-bond donors (Lipinski definition) is 1. The van der Waals surface area contributed by atoms with Crippen LogP contribution in [0.2, 0.25) is 0 Å². The van der Waals surface area contributed by atoms with Crippen molar-refractivity contribution >= 4 is 11.7 Å². The molecule has 0 bridgehead atoms. The minimum absolute atomic E-state index is 0.000512.